The second-order valence-electron chi connectivity index (χ2n) is 5.50. The lowest BCUT2D eigenvalue weighted by atomic mass is 10.2. The number of nitrogens with zero attached hydrogens (tertiary/aromatic N) is 3. The van der Waals surface area contributed by atoms with E-state index in [0.29, 0.717) is 25.3 Å². The second kappa shape index (κ2) is 6.01. The highest BCUT2D eigenvalue weighted by Crippen LogP contribution is 2.17. The minimum atomic E-state index is -0.184. The summed E-state index contributed by atoms with van der Waals surface area (Å²) in [7, 11) is 1.68. The van der Waals surface area contributed by atoms with Gasteiger partial charge < -0.3 is 14.8 Å². The van der Waals surface area contributed by atoms with Crippen LogP contribution in [-0.4, -0.2) is 32.9 Å². The molecule has 1 aromatic carbocycles. The number of amides is 1. The minimum Gasteiger partial charge on any atom is -0.360 e. The molecule has 6 nitrogen and oxygen atoms in total. The summed E-state index contributed by atoms with van der Waals surface area (Å²) in [5, 5.41) is 3.09. The third kappa shape index (κ3) is 3.00. The molecule has 1 saturated heterocycles. The van der Waals surface area contributed by atoms with E-state index in [1.54, 1.807) is 24.3 Å². The van der Waals surface area contributed by atoms with Gasteiger partial charge in [0.05, 0.1) is 6.04 Å². The Morgan fingerprint density at radius 3 is 2.82 bits per heavy atom. The number of carbonyl (C=O) groups is 1. The largest absolute Gasteiger partial charge is 0.360 e. The van der Waals surface area contributed by atoms with Crippen LogP contribution in [0.2, 0.25) is 0 Å². The number of hydrogen-bond acceptors (Lipinski definition) is 4. The number of anilines is 1. The zero-order valence-corrected chi connectivity index (χ0v) is 12.4. The number of aromatic nitrogens is 2. The van der Waals surface area contributed by atoms with E-state index < -0.39 is 0 Å². The lowest BCUT2D eigenvalue weighted by molar-refractivity contribution is -0.128. The zero-order valence-electron chi connectivity index (χ0n) is 12.4. The normalized spacial score (nSPS) is 17.8. The van der Waals surface area contributed by atoms with Crippen molar-refractivity contribution < 1.29 is 4.79 Å². The molecule has 0 bridgehead atoms. The summed E-state index contributed by atoms with van der Waals surface area (Å²) in [5.41, 5.74) is 0.918. The average molecular weight is 298 g/mol. The van der Waals surface area contributed by atoms with Gasteiger partial charge in [-0.2, -0.15) is 0 Å². The molecule has 1 atom stereocenters. The number of nitrogens with one attached hydrogen (secondary N) is 1. The van der Waals surface area contributed by atoms with Gasteiger partial charge in [0.2, 0.25) is 5.91 Å². The minimum absolute atomic E-state index is 0.0844. The Kier molecular flexibility index (Phi) is 3.91. The maximum absolute atomic E-state index is 12.1. The third-order valence-corrected chi connectivity index (χ3v) is 3.79. The van der Waals surface area contributed by atoms with E-state index >= 15 is 0 Å². The maximum atomic E-state index is 12.1. The Bertz CT molecular complexity index is 726. The summed E-state index contributed by atoms with van der Waals surface area (Å²) in [6, 6.07) is 9.80. The molecule has 1 N–H and O–H groups in total. The van der Waals surface area contributed by atoms with Gasteiger partial charge >= 0.3 is 0 Å². The Balaban J connectivity index is 1.67. The molecular formula is C16H18N4O2. The number of benzene rings is 1. The fraction of sp³-hybridized carbons (Fsp3) is 0.312. The number of carbonyl (C=O) groups excluding carboxylic acids is 1. The Morgan fingerprint density at radius 1 is 1.27 bits per heavy atom. The Labute approximate surface area is 128 Å². The van der Waals surface area contributed by atoms with Gasteiger partial charge in [-0.15, -0.1) is 0 Å². The van der Waals surface area contributed by atoms with Gasteiger partial charge in [0, 0.05) is 39.0 Å². The van der Waals surface area contributed by atoms with Crippen molar-refractivity contribution in [2.45, 2.75) is 19.0 Å². The molecule has 2 heterocycles. The topological polar surface area (TPSA) is 67.2 Å². The van der Waals surface area contributed by atoms with E-state index in [2.05, 4.69) is 10.3 Å². The predicted molar refractivity (Wildman–Crippen MR) is 83.4 cm³/mol. The number of rotatable bonds is 4. The molecule has 1 aromatic heterocycles. The van der Waals surface area contributed by atoms with Crippen LogP contribution >= 0.6 is 0 Å². The number of likely N-dealkylation sites (tertiary alicyclic amines) is 1. The molecule has 1 aliphatic rings. The SMILES string of the molecule is Cn1ccnc(NC2CC(=O)N(Cc3ccccc3)C2)c1=O. The molecule has 1 fully saturated rings. The Hall–Kier alpha value is -2.63. The van der Waals surface area contributed by atoms with Gasteiger partial charge in [-0.05, 0) is 5.56 Å². The summed E-state index contributed by atoms with van der Waals surface area (Å²) in [4.78, 5) is 29.9. The van der Waals surface area contributed by atoms with Gasteiger partial charge in [-0.25, -0.2) is 4.98 Å². The molecular weight excluding hydrogens is 280 g/mol. The molecule has 0 spiro atoms. The van der Waals surface area contributed by atoms with Crippen LogP contribution < -0.4 is 10.9 Å². The first-order valence-electron chi connectivity index (χ1n) is 7.23. The van der Waals surface area contributed by atoms with Crippen molar-refractivity contribution in [1.82, 2.24) is 14.5 Å². The number of hydrogen-bond donors (Lipinski definition) is 1. The molecule has 6 heteroatoms. The van der Waals surface area contributed by atoms with Crippen LogP contribution in [-0.2, 0) is 18.4 Å². The molecule has 0 saturated carbocycles. The zero-order chi connectivity index (χ0) is 15.5. The van der Waals surface area contributed by atoms with Crippen LogP contribution in [0.3, 0.4) is 0 Å². The molecule has 114 valence electrons. The lowest BCUT2D eigenvalue weighted by Crippen LogP contribution is -2.31. The van der Waals surface area contributed by atoms with E-state index in [-0.39, 0.29) is 17.5 Å². The Morgan fingerprint density at radius 2 is 2.05 bits per heavy atom. The highest BCUT2D eigenvalue weighted by Gasteiger charge is 2.30. The van der Waals surface area contributed by atoms with Crippen LogP contribution in [0.4, 0.5) is 5.82 Å². The lowest BCUT2D eigenvalue weighted by Gasteiger charge is -2.17. The van der Waals surface area contributed by atoms with Crippen molar-refractivity contribution in [2.75, 3.05) is 11.9 Å². The van der Waals surface area contributed by atoms with Crippen LogP contribution in [0.5, 0.6) is 0 Å². The van der Waals surface area contributed by atoms with E-state index in [9.17, 15) is 9.59 Å². The van der Waals surface area contributed by atoms with E-state index in [1.807, 2.05) is 30.3 Å². The fourth-order valence-electron chi connectivity index (χ4n) is 2.62. The van der Waals surface area contributed by atoms with Gasteiger partial charge in [-0.1, -0.05) is 30.3 Å². The predicted octanol–water partition coefficient (Wildman–Crippen LogP) is 0.993. The van der Waals surface area contributed by atoms with Crippen molar-refractivity contribution in [2.24, 2.45) is 7.05 Å². The molecule has 1 aliphatic heterocycles. The second-order valence-corrected chi connectivity index (χ2v) is 5.50. The first kappa shape index (κ1) is 14.3. The fourth-order valence-corrected chi connectivity index (χ4v) is 2.62. The molecule has 0 radical (unpaired) electrons. The quantitative estimate of drug-likeness (QED) is 0.914. The van der Waals surface area contributed by atoms with E-state index in [4.69, 9.17) is 0 Å². The molecule has 1 amide bonds. The maximum Gasteiger partial charge on any atom is 0.293 e. The van der Waals surface area contributed by atoms with Crippen molar-refractivity contribution >= 4 is 11.7 Å². The molecule has 22 heavy (non-hydrogen) atoms. The average Bonchev–Trinajstić information content (AvgIpc) is 2.85. The number of aryl methyl sites for hydroxylation is 1. The summed E-state index contributed by atoms with van der Waals surface area (Å²) in [5.74, 6) is 0.387. The molecule has 2 aromatic rings. The molecule has 0 aliphatic carbocycles. The van der Waals surface area contributed by atoms with E-state index in [1.165, 1.54) is 4.57 Å². The van der Waals surface area contributed by atoms with Gasteiger partial charge in [0.1, 0.15) is 0 Å². The molecule has 3 rings (SSSR count). The summed E-state index contributed by atoms with van der Waals surface area (Å²) in [6.07, 6.45) is 3.56. The first-order valence-corrected chi connectivity index (χ1v) is 7.23. The monoisotopic (exact) mass is 298 g/mol. The van der Waals surface area contributed by atoms with Crippen LogP contribution in [0.1, 0.15) is 12.0 Å². The first-order chi connectivity index (χ1) is 10.6. The van der Waals surface area contributed by atoms with Crippen LogP contribution in [0, 0.1) is 0 Å². The van der Waals surface area contributed by atoms with Crippen LogP contribution in [0.15, 0.2) is 47.5 Å². The standard InChI is InChI=1S/C16H18N4O2/c1-19-8-7-17-15(16(19)22)18-13-9-14(21)20(11-13)10-12-5-3-2-4-6-12/h2-8,13H,9-11H2,1H3,(H,17,18). The van der Waals surface area contributed by atoms with Gasteiger partial charge in [0.15, 0.2) is 5.82 Å². The summed E-state index contributed by atoms with van der Waals surface area (Å²) < 4.78 is 1.47. The summed E-state index contributed by atoms with van der Waals surface area (Å²) in [6.45, 7) is 1.17. The van der Waals surface area contributed by atoms with Crippen molar-refractivity contribution in [3.05, 3.63) is 58.6 Å². The van der Waals surface area contributed by atoms with E-state index in [0.717, 1.165) is 5.56 Å². The molecule has 1 unspecified atom stereocenters. The van der Waals surface area contributed by atoms with Crippen LogP contribution in [0.25, 0.3) is 0 Å². The van der Waals surface area contributed by atoms with Crippen molar-refractivity contribution in [3.63, 3.8) is 0 Å². The van der Waals surface area contributed by atoms with Crippen molar-refractivity contribution in [3.8, 4) is 0 Å². The van der Waals surface area contributed by atoms with Gasteiger partial charge in [0.25, 0.3) is 5.56 Å². The van der Waals surface area contributed by atoms with Crippen molar-refractivity contribution in [1.29, 1.82) is 0 Å². The highest BCUT2D eigenvalue weighted by molar-refractivity contribution is 5.80. The third-order valence-electron chi connectivity index (χ3n) is 3.79. The van der Waals surface area contributed by atoms with Gasteiger partial charge in [-0.3, -0.25) is 9.59 Å². The smallest absolute Gasteiger partial charge is 0.293 e. The highest BCUT2D eigenvalue weighted by atomic mass is 16.2. The summed E-state index contributed by atoms with van der Waals surface area (Å²) >= 11 is 0.